The van der Waals surface area contributed by atoms with E-state index in [0.717, 1.165) is 0 Å². The second-order valence-corrected chi connectivity index (χ2v) is 7.97. The number of benzene rings is 2. The van der Waals surface area contributed by atoms with Crippen LogP contribution in [0, 0.1) is 0 Å². The number of para-hydroxylation sites is 4. The van der Waals surface area contributed by atoms with Gasteiger partial charge in [-0.3, -0.25) is 19.4 Å². The summed E-state index contributed by atoms with van der Waals surface area (Å²) >= 11 is 0. The topological polar surface area (TPSA) is 92.4 Å². The normalized spacial score (nSPS) is 23.2. The Bertz CT molecular complexity index is 866. The van der Waals surface area contributed by atoms with E-state index in [1.54, 1.807) is 24.3 Å². The van der Waals surface area contributed by atoms with Crippen molar-refractivity contribution in [1.82, 2.24) is 9.80 Å². The van der Waals surface area contributed by atoms with Crippen LogP contribution in [0.3, 0.4) is 0 Å². The number of carbonyl (C=O) groups is 2. The molecule has 3 heterocycles. The highest BCUT2D eigenvalue weighted by Gasteiger charge is 2.18. The Morgan fingerprint density at radius 3 is 1.42 bits per heavy atom. The number of carbonyl (C=O) groups excluding carboxylic acids is 2. The smallest absolute Gasteiger partial charge is 0.238 e. The maximum absolute atomic E-state index is 12.8. The van der Waals surface area contributed by atoms with Crippen molar-refractivity contribution in [3.63, 3.8) is 0 Å². The van der Waals surface area contributed by atoms with Crippen molar-refractivity contribution in [2.75, 3.05) is 76.3 Å². The maximum atomic E-state index is 12.8. The summed E-state index contributed by atoms with van der Waals surface area (Å²) in [6.45, 7) is 4.90. The van der Waals surface area contributed by atoms with Crippen LogP contribution >= 0.6 is 0 Å². The molecule has 0 saturated carbocycles. The lowest BCUT2D eigenvalue weighted by Crippen LogP contribution is -2.41. The van der Waals surface area contributed by atoms with Crippen molar-refractivity contribution in [1.29, 1.82) is 0 Å². The van der Waals surface area contributed by atoms with Crippen LogP contribution in [0.5, 0.6) is 11.5 Å². The molecule has 9 heteroatoms. The average molecular weight is 455 g/mol. The van der Waals surface area contributed by atoms with Crippen molar-refractivity contribution in [2.24, 2.45) is 0 Å². The first-order valence-corrected chi connectivity index (χ1v) is 11.2. The molecule has 3 aliphatic heterocycles. The average Bonchev–Trinajstić information content (AvgIpc) is 2.79. The summed E-state index contributed by atoms with van der Waals surface area (Å²) in [6, 6.07) is 14.5. The Morgan fingerprint density at radius 2 is 1.00 bits per heavy atom. The van der Waals surface area contributed by atoms with Gasteiger partial charge in [-0.15, -0.1) is 0 Å². The van der Waals surface area contributed by atoms with E-state index in [0.29, 0.717) is 75.5 Å². The molecule has 0 radical (unpaired) electrons. The number of fused-ring (bicyclic) bond motifs is 12. The summed E-state index contributed by atoms with van der Waals surface area (Å²) < 4.78 is 17.7. The second-order valence-electron chi connectivity index (χ2n) is 7.97. The fourth-order valence-corrected chi connectivity index (χ4v) is 3.74. The first kappa shape index (κ1) is 23.2. The van der Waals surface area contributed by atoms with E-state index < -0.39 is 0 Å². The molecule has 0 atom stereocenters. The molecule has 0 aliphatic carbocycles. The zero-order valence-corrected chi connectivity index (χ0v) is 18.6. The first-order valence-electron chi connectivity index (χ1n) is 11.2. The number of amides is 2. The van der Waals surface area contributed by atoms with Gasteiger partial charge >= 0.3 is 0 Å². The number of hydrogen-bond acceptors (Lipinski definition) is 7. The van der Waals surface area contributed by atoms with Gasteiger partial charge in [0.1, 0.15) is 0 Å². The van der Waals surface area contributed by atoms with Gasteiger partial charge in [-0.05, 0) is 24.3 Å². The van der Waals surface area contributed by atoms with Crippen molar-refractivity contribution in [3.8, 4) is 11.5 Å². The molecular formula is C24H30N4O5. The molecule has 9 nitrogen and oxygen atoms in total. The van der Waals surface area contributed by atoms with Gasteiger partial charge in [0, 0.05) is 26.2 Å². The van der Waals surface area contributed by atoms with Crippen LogP contribution in [0.25, 0.3) is 0 Å². The fraction of sp³-hybridized carbons (Fsp3) is 0.417. The summed E-state index contributed by atoms with van der Waals surface area (Å²) in [4.78, 5) is 29.7. The van der Waals surface area contributed by atoms with E-state index >= 15 is 0 Å². The third-order valence-electron chi connectivity index (χ3n) is 5.48. The molecule has 0 aromatic heterocycles. The SMILES string of the molecule is O=C1CN2CCOCCN(CCOCC2)CC(=O)Nc2ccccc2Oc2ccccc2N1. The molecule has 5 rings (SSSR count). The molecular weight excluding hydrogens is 424 g/mol. The molecule has 33 heavy (non-hydrogen) atoms. The Labute approximate surface area is 193 Å². The van der Waals surface area contributed by atoms with Crippen LogP contribution in [0.1, 0.15) is 0 Å². The second kappa shape index (κ2) is 11.8. The summed E-state index contributed by atoms with van der Waals surface area (Å²) in [5, 5.41) is 5.90. The van der Waals surface area contributed by atoms with Crippen molar-refractivity contribution in [2.45, 2.75) is 0 Å². The molecule has 2 bridgehead atoms. The van der Waals surface area contributed by atoms with Gasteiger partial charge in [0.25, 0.3) is 0 Å². The van der Waals surface area contributed by atoms with Gasteiger partial charge in [0.15, 0.2) is 11.5 Å². The van der Waals surface area contributed by atoms with Crippen molar-refractivity contribution >= 4 is 23.2 Å². The quantitative estimate of drug-likeness (QED) is 0.629. The van der Waals surface area contributed by atoms with Crippen LogP contribution < -0.4 is 15.4 Å². The minimum absolute atomic E-state index is 0.146. The van der Waals surface area contributed by atoms with Gasteiger partial charge in [0.2, 0.25) is 11.8 Å². The molecule has 2 aromatic rings. The van der Waals surface area contributed by atoms with Gasteiger partial charge < -0.3 is 24.8 Å². The number of ether oxygens (including phenoxy) is 3. The summed E-state index contributed by atoms with van der Waals surface area (Å²) in [7, 11) is 0. The Kier molecular flexibility index (Phi) is 8.26. The first-order chi connectivity index (χ1) is 16.2. The number of anilines is 2. The maximum Gasteiger partial charge on any atom is 0.238 e. The Balaban J connectivity index is 1.63. The van der Waals surface area contributed by atoms with E-state index in [4.69, 9.17) is 14.2 Å². The summed E-state index contributed by atoms with van der Waals surface area (Å²) in [5.74, 6) is 0.697. The molecule has 2 amide bonds. The number of nitrogens with zero attached hydrogens (tertiary/aromatic N) is 2. The highest BCUT2D eigenvalue weighted by atomic mass is 16.5. The standard InChI is InChI=1S/C24H30N4O5/c29-23-17-27-9-13-31-15-11-28(12-16-32-14-10-27)18-24(30)26-20-6-2-4-8-22(20)33-21-7-3-1-5-19(21)25-23/h1-8H,9-18H2,(H,25,29)(H,26,30). The molecule has 1 fully saturated rings. The number of nitrogens with one attached hydrogen (secondary N) is 2. The van der Waals surface area contributed by atoms with E-state index in [1.807, 2.05) is 34.1 Å². The third-order valence-corrected chi connectivity index (χ3v) is 5.48. The van der Waals surface area contributed by atoms with E-state index in [2.05, 4.69) is 10.6 Å². The van der Waals surface area contributed by atoms with Crippen LogP contribution in [0.15, 0.2) is 48.5 Å². The summed E-state index contributed by atoms with van der Waals surface area (Å²) in [5.41, 5.74) is 1.12. The highest BCUT2D eigenvalue weighted by Crippen LogP contribution is 2.33. The van der Waals surface area contributed by atoms with E-state index in [-0.39, 0.29) is 24.9 Å². The van der Waals surface area contributed by atoms with Gasteiger partial charge in [-0.1, -0.05) is 24.3 Å². The van der Waals surface area contributed by atoms with E-state index in [1.165, 1.54) is 0 Å². The monoisotopic (exact) mass is 454 g/mol. The lowest BCUT2D eigenvalue weighted by Gasteiger charge is -2.26. The minimum Gasteiger partial charge on any atom is -0.453 e. The third kappa shape index (κ3) is 7.00. The van der Waals surface area contributed by atoms with Crippen LogP contribution in [-0.2, 0) is 19.1 Å². The molecule has 3 aliphatic rings. The Morgan fingerprint density at radius 1 is 0.606 bits per heavy atom. The zero-order chi connectivity index (χ0) is 22.9. The molecule has 0 unspecified atom stereocenters. The van der Waals surface area contributed by atoms with E-state index in [9.17, 15) is 9.59 Å². The molecule has 1 saturated heterocycles. The zero-order valence-electron chi connectivity index (χ0n) is 18.6. The van der Waals surface area contributed by atoms with Crippen LogP contribution in [0.2, 0.25) is 0 Å². The molecule has 2 aromatic carbocycles. The largest absolute Gasteiger partial charge is 0.453 e. The van der Waals surface area contributed by atoms with Gasteiger partial charge in [0.05, 0.1) is 50.9 Å². The number of rotatable bonds is 0. The highest BCUT2D eigenvalue weighted by molar-refractivity contribution is 5.95. The van der Waals surface area contributed by atoms with Crippen molar-refractivity contribution < 1.29 is 23.8 Å². The predicted octanol–water partition coefficient (Wildman–Crippen LogP) is 2.02. The fourth-order valence-electron chi connectivity index (χ4n) is 3.74. The summed E-state index contributed by atoms with van der Waals surface area (Å²) in [6.07, 6.45) is 0. The molecule has 176 valence electrons. The lowest BCUT2D eigenvalue weighted by atomic mass is 10.2. The van der Waals surface area contributed by atoms with Gasteiger partial charge in [-0.2, -0.15) is 0 Å². The Hall–Kier alpha value is -2.98. The number of hydrogen-bond donors (Lipinski definition) is 2. The van der Waals surface area contributed by atoms with Crippen LogP contribution in [-0.4, -0.2) is 87.3 Å². The van der Waals surface area contributed by atoms with Crippen LogP contribution in [0.4, 0.5) is 11.4 Å². The lowest BCUT2D eigenvalue weighted by molar-refractivity contribution is -0.118. The minimum atomic E-state index is -0.146. The molecule has 0 spiro atoms. The van der Waals surface area contributed by atoms with Crippen molar-refractivity contribution in [3.05, 3.63) is 48.5 Å². The predicted molar refractivity (Wildman–Crippen MR) is 125 cm³/mol. The van der Waals surface area contributed by atoms with Gasteiger partial charge in [-0.25, -0.2) is 0 Å². The molecule has 2 N–H and O–H groups in total.